The maximum atomic E-state index is 12.0. The molecule has 1 rings (SSSR count). The van der Waals surface area contributed by atoms with E-state index in [1.165, 1.54) is 0 Å². The number of hydrogen-bond donors (Lipinski definition) is 1. The van der Waals surface area contributed by atoms with Gasteiger partial charge in [-0.25, -0.2) is 0 Å². The first kappa shape index (κ1) is 11.8. The van der Waals surface area contributed by atoms with Crippen molar-refractivity contribution < 1.29 is 18.3 Å². The molecule has 1 atom stereocenters. The second-order valence-electron chi connectivity index (χ2n) is 3.77. The molecule has 0 aliphatic carbocycles. The van der Waals surface area contributed by atoms with E-state index in [1.807, 2.05) is 0 Å². The molecule has 0 spiro atoms. The Morgan fingerprint density at radius 1 is 1.07 bits per heavy atom. The smallest absolute Gasteiger partial charge is 0.382 e. The van der Waals surface area contributed by atoms with E-state index in [0.717, 1.165) is 25.7 Å². The van der Waals surface area contributed by atoms with Crippen LogP contribution < -0.4 is 0 Å². The Balaban J connectivity index is 2.34. The zero-order valence-electron chi connectivity index (χ0n) is 8.06. The molecule has 1 N–H and O–H groups in total. The molecule has 5 heteroatoms. The minimum Gasteiger partial charge on any atom is -0.382 e. The largest absolute Gasteiger partial charge is 0.415 e. The van der Waals surface area contributed by atoms with Crippen molar-refractivity contribution in [2.24, 2.45) is 0 Å². The van der Waals surface area contributed by atoms with Crippen LogP contribution >= 0.6 is 0 Å². The van der Waals surface area contributed by atoms with E-state index in [4.69, 9.17) is 5.11 Å². The summed E-state index contributed by atoms with van der Waals surface area (Å²) in [6.07, 6.45) is -2.64. The molecule has 14 heavy (non-hydrogen) atoms. The Morgan fingerprint density at radius 2 is 1.57 bits per heavy atom. The lowest BCUT2D eigenvalue weighted by atomic mass is 10.2. The number of nitrogens with zero attached hydrogens (tertiary/aromatic N) is 1. The summed E-state index contributed by atoms with van der Waals surface area (Å²) in [5, 5.41) is 8.86. The molecule has 0 saturated carbocycles. The highest BCUT2D eigenvalue weighted by molar-refractivity contribution is 4.72. The van der Waals surface area contributed by atoms with Gasteiger partial charge in [0.1, 0.15) is 0 Å². The fraction of sp³-hybridized carbons (Fsp3) is 1.00. The Kier molecular flexibility index (Phi) is 4.19. The van der Waals surface area contributed by atoms with Gasteiger partial charge in [0.2, 0.25) is 0 Å². The Hall–Kier alpha value is -0.290. The normalized spacial score (nSPS) is 23.1. The van der Waals surface area contributed by atoms with Crippen molar-refractivity contribution in [1.82, 2.24) is 4.90 Å². The van der Waals surface area contributed by atoms with Gasteiger partial charge in [0.25, 0.3) is 0 Å². The summed E-state index contributed by atoms with van der Waals surface area (Å²) in [5.41, 5.74) is 0. The molecule has 1 aliphatic heterocycles. The first-order valence-corrected chi connectivity index (χ1v) is 4.97. The molecular formula is C9H16F3NO. The standard InChI is InChI=1S/C9H16F3NO/c10-9(11,12)8(14)7-13-5-3-1-2-4-6-13/h8,14H,1-7H2/t8-/m1/s1. The molecular weight excluding hydrogens is 195 g/mol. The van der Waals surface area contributed by atoms with E-state index in [0.29, 0.717) is 13.1 Å². The van der Waals surface area contributed by atoms with Gasteiger partial charge in [0.05, 0.1) is 0 Å². The maximum absolute atomic E-state index is 12.0. The fourth-order valence-corrected chi connectivity index (χ4v) is 1.67. The molecule has 0 unspecified atom stereocenters. The van der Waals surface area contributed by atoms with Crippen LogP contribution in [0.25, 0.3) is 0 Å². The lowest BCUT2D eigenvalue weighted by molar-refractivity contribution is -0.208. The average molecular weight is 211 g/mol. The van der Waals surface area contributed by atoms with Crippen LogP contribution in [0, 0.1) is 0 Å². The molecule has 0 radical (unpaired) electrons. The first-order chi connectivity index (χ1) is 6.50. The molecule has 0 amide bonds. The lowest BCUT2D eigenvalue weighted by Gasteiger charge is -2.24. The number of halogens is 3. The number of β-amino-alcohol motifs (C(OH)–C–C–N with tert-alkyl or cyclic N) is 1. The quantitative estimate of drug-likeness (QED) is 0.752. The topological polar surface area (TPSA) is 23.5 Å². The van der Waals surface area contributed by atoms with Crippen LogP contribution in [0.4, 0.5) is 13.2 Å². The number of aliphatic hydroxyl groups excluding tert-OH is 1. The molecule has 1 saturated heterocycles. The predicted molar refractivity (Wildman–Crippen MR) is 47.0 cm³/mol. The van der Waals surface area contributed by atoms with E-state index < -0.39 is 12.3 Å². The van der Waals surface area contributed by atoms with E-state index in [1.54, 1.807) is 4.90 Å². The summed E-state index contributed by atoms with van der Waals surface area (Å²) in [5.74, 6) is 0. The van der Waals surface area contributed by atoms with Crippen LogP contribution in [0.3, 0.4) is 0 Å². The van der Waals surface area contributed by atoms with E-state index in [-0.39, 0.29) is 6.54 Å². The summed E-state index contributed by atoms with van der Waals surface area (Å²) in [7, 11) is 0. The molecule has 0 aromatic rings. The summed E-state index contributed by atoms with van der Waals surface area (Å²) < 4.78 is 36.1. The number of hydrogen-bond acceptors (Lipinski definition) is 2. The summed E-state index contributed by atoms with van der Waals surface area (Å²) >= 11 is 0. The van der Waals surface area contributed by atoms with Gasteiger partial charge >= 0.3 is 6.18 Å². The lowest BCUT2D eigenvalue weighted by Crippen LogP contribution is -2.41. The monoisotopic (exact) mass is 211 g/mol. The molecule has 1 aliphatic rings. The first-order valence-electron chi connectivity index (χ1n) is 4.97. The SMILES string of the molecule is O[C@H](CN1CCCCCC1)C(F)(F)F. The Bertz CT molecular complexity index is 164. The zero-order valence-corrected chi connectivity index (χ0v) is 8.06. The highest BCUT2D eigenvalue weighted by Gasteiger charge is 2.39. The van der Waals surface area contributed by atoms with Gasteiger partial charge < -0.3 is 10.0 Å². The van der Waals surface area contributed by atoms with E-state index in [9.17, 15) is 13.2 Å². The van der Waals surface area contributed by atoms with Gasteiger partial charge in [0.15, 0.2) is 6.10 Å². The average Bonchev–Trinajstić information content (AvgIpc) is 2.31. The van der Waals surface area contributed by atoms with Gasteiger partial charge in [-0.15, -0.1) is 0 Å². The van der Waals surface area contributed by atoms with E-state index in [2.05, 4.69) is 0 Å². The van der Waals surface area contributed by atoms with Crippen LogP contribution in [0.2, 0.25) is 0 Å². The maximum Gasteiger partial charge on any atom is 0.415 e. The zero-order chi connectivity index (χ0) is 10.6. The molecule has 0 aromatic heterocycles. The third-order valence-electron chi connectivity index (χ3n) is 2.51. The van der Waals surface area contributed by atoms with E-state index >= 15 is 0 Å². The van der Waals surface area contributed by atoms with Crippen LogP contribution in [-0.2, 0) is 0 Å². The summed E-state index contributed by atoms with van der Waals surface area (Å²) in [6.45, 7) is 1.07. The van der Waals surface area contributed by atoms with Crippen molar-refractivity contribution >= 4 is 0 Å². The number of alkyl halides is 3. The van der Waals surface area contributed by atoms with Gasteiger partial charge in [0, 0.05) is 6.54 Å². The van der Waals surface area contributed by atoms with Crippen molar-refractivity contribution in [2.75, 3.05) is 19.6 Å². The van der Waals surface area contributed by atoms with Crippen LogP contribution in [0.1, 0.15) is 25.7 Å². The molecule has 1 fully saturated rings. The van der Waals surface area contributed by atoms with Crippen molar-refractivity contribution in [3.05, 3.63) is 0 Å². The summed E-state index contributed by atoms with van der Waals surface area (Å²) in [6, 6.07) is 0. The van der Waals surface area contributed by atoms with Gasteiger partial charge in [-0.05, 0) is 25.9 Å². The Labute approximate surface area is 81.7 Å². The van der Waals surface area contributed by atoms with Crippen molar-refractivity contribution in [2.45, 2.75) is 38.0 Å². The summed E-state index contributed by atoms with van der Waals surface area (Å²) in [4.78, 5) is 1.70. The highest BCUT2D eigenvalue weighted by Crippen LogP contribution is 2.21. The molecule has 0 aromatic carbocycles. The second-order valence-corrected chi connectivity index (χ2v) is 3.77. The Morgan fingerprint density at radius 3 is 2.00 bits per heavy atom. The van der Waals surface area contributed by atoms with Gasteiger partial charge in [-0.2, -0.15) is 13.2 Å². The molecule has 2 nitrogen and oxygen atoms in total. The number of likely N-dealkylation sites (tertiary alicyclic amines) is 1. The molecule has 0 bridgehead atoms. The van der Waals surface area contributed by atoms with Crippen molar-refractivity contribution in [3.8, 4) is 0 Å². The minimum atomic E-state index is -4.48. The third kappa shape index (κ3) is 3.84. The van der Waals surface area contributed by atoms with Crippen molar-refractivity contribution in [3.63, 3.8) is 0 Å². The predicted octanol–water partition coefficient (Wildman–Crippen LogP) is 1.79. The van der Waals surface area contributed by atoms with Crippen LogP contribution in [0.15, 0.2) is 0 Å². The minimum absolute atomic E-state index is 0.274. The molecule has 1 heterocycles. The number of rotatable bonds is 2. The van der Waals surface area contributed by atoms with Crippen molar-refractivity contribution in [1.29, 1.82) is 0 Å². The number of aliphatic hydroxyl groups is 1. The van der Waals surface area contributed by atoms with Crippen LogP contribution in [0.5, 0.6) is 0 Å². The second kappa shape index (κ2) is 4.98. The van der Waals surface area contributed by atoms with Crippen LogP contribution in [-0.4, -0.2) is 41.9 Å². The third-order valence-corrected chi connectivity index (χ3v) is 2.51. The van der Waals surface area contributed by atoms with Gasteiger partial charge in [-0.3, -0.25) is 0 Å². The fourth-order valence-electron chi connectivity index (χ4n) is 1.67. The highest BCUT2D eigenvalue weighted by atomic mass is 19.4. The van der Waals surface area contributed by atoms with Gasteiger partial charge in [-0.1, -0.05) is 12.8 Å². The molecule has 84 valence electrons.